The molecule has 0 N–H and O–H groups in total. The van der Waals surface area contributed by atoms with Crippen LogP contribution in [0.2, 0.25) is 0 Å². The number of anilines is 1. The van der Waals surface area contributed by atoms with E-state index in [9.17, 15) is 9.59 Å². The molecule has 3 rings (SSSR count). The first-order valence-corrected chi connectivity index (χ1v) is 9.76. The lowest BCUT2D eigenvalue weighted by atomic mass is 9.74. The van der Waals surface area contributed by atoms with Crippen molar-refractivity contribution < 1.29 is 9.59 Å². The van der Waals surface area contributed by atoms with Gasteiger partial charge in [-0.05, 0) is 30.5 Å². The maximum absolute atomic E-state index is 12.9. The summed E-state index contributed by atoms with van der Waals surface area (Å²) in [5.41, 5.74) is 1.11. The number of ketones is 2. The minimum atomic E-state index is -0.0200. The van der Waals surface area contributed by atoms with Crippen LogP contribution in [0.1, 0.15) is 53.3 Å². The minimum absolute atomic E-state index is 0.00796. The van der Waals surface area contributed by atoms with E-state index in [2.05, 4.69) is 12.1 Å². The molecule has 3 nitrogen and oxygen atoms in total. The molecule has 132 valence electrons. The summed E-state index contributed by atoms with van der Waals surface area (Å²) in [6, 6.07) is 14.0. The van der Waals surface area contributed by atoms with E-state index in [1.165, 1.54) is 11.3 Å². The van der Waals surface area contributed by atoms with Gasteiger partial charge < -0.3 is 4.90 Å². The van der Waals surface area contributed by atoms with Crippen LogP contribution in [0.15, 0.2) is 42.5 Å². The van der Waals surface area contributed by atoms with E-state index in [1.54, 1.807) is 0 Å². The fraction of sp³-hybridized carbons (Fsp3) is 0.429. The van der Waals surface area contributed by atoms with Crippen LogP contribution in [0.4, 0.5) is 5.00 Å². The Labute approximate surface area is 153 Å². The second-order valence-electron chi connectivity index (χ2n) is 7.00. The van der Waals surface area contributed by atoms with Gasteiger partial charge >= 0.3 is 0 Å². The van der Waals surface area contributed by atoms with E-state index in [1.807, 2.05) is 49.3 Å². The van der Waals surface area contributed by atoms with E-state index < -0.39 is 0 Å². The number of hydrogen-bond donors (Lipinski definition) is 0. The van der Waals surface area contributed by atoms with Crippen LogP contribution in [-0.2, 0) is 4.79 Å². The first-order chi connectivity index (χ1) is 12.1. The molecule has 1 fully saturated rings. The molecule has 0 amide bonds. The number of Topliss-reactive ketones (excluding diaryl/α,β-unsaturated/α-hetero) is 2. The van der Waals surface area contributed by atoms with Gasteiger partial charge in [-0.15, -0.1) is 11.3 Å². The molecular formula is C21H25NO2S. The Bertz CT molecular complexity index is 735. The number of carbonyl (C=O) groups is 2. The van der Waals surface area contributed by atoms with Gasteiger partial charge in [0, 0.05) is 38.8 Å². The van der Waals surface area contributed by atoms with Crippen molar-refractivity contribution >= 4 is 27.9 Å². The van der Waals surface area contributed by atoms with Gasteiger partial charge in [-0.1, -0.05) is 36.8 Å². The largest absolute Gasteiger partial charge is 0.370 e. The van der Waals surface area contributed by atoms with E-state index in [0.29, 0.717) is 18.6 Å². The van der Waals surface area contributed by atoms with Crippen LogP contribution in [0.5, 0.6) is 0 Å². The average molecular weight is 356 g/mol. The Morgan fingerprint density at radius 2 is 1.92 bits per heavy atom. The van der Waals surface area contributed by atoms with Gasteiger partial charge in [-0.3, -0.25) is 9.59 Å². The van der Waals surface area contributed by atoms with Gasteiger partial charge in [-0.2, -0.15) is 0 Å². The summed E-state index contributed by atoms with van der Waals surface area (Å²) >= 11 is 1.53. The number of carbonyl (C=O) groups excluding carboxylic acids is 2. The Balaban J connectivity index is 1.84. The Morgan fingerprint density at radius 1 is 1.16 bits per heavy atom. The third-order valence-corrected chi connectivity index (χ3v) is 6.32. The summed E-state index contributed by atoms with van der Waals surface area (Å²) in [5, 5.41) is 1.08. The molecule has 1 saturated carbocycles. The third-order valence-electron chi connectivity index (χ3n) is 5.03. The first kappa shape index (κ1) is 17.9. The smallest absolute Gasteiger partial charge is 0.173 e. The van der Waals surface area contributed by atoms with E-state index in [-0.39, 0.29) is 17.6 Å². The molecule has 4 heteroatoms. The van der Waals surface area contributed by atoms with Crippen LogP contribution < -0.4 is 4.90 Å². The van der Waals surface area contributed by atoms with Crippen molar-refractivity contribution in [2.24, 2.45) is 5.92 Å². The monoisotopic (exact) mass is 355 g/mol. The van der Waals surface area contributed by atoms with Crippen molar-refractivity contribution in [3.8, 4) is 0 Å². The van der Waals surface area contributed by atoms with Crippen molar-refractivity contribution in [3.63, 3.8) is 0 Å². The molecule has 0 aliphatic heterocycles. The number of thiophene rings is 1. The molecule has 0 spiro atoms. The normalized spacial score (nSPS) is 18.8. The highest BCUT2D eigenvalue weighted by Crippen LogP contribution is 2.38. The highest BCUT2D eigenvalue weighted by molar-refractivity contribution is 7.18. The quantitative estimate of drug-likeness (QED) is 0.690. The second-order valence-corrected chi connectivity index (χ2v) is 8.06. The lowest BCUT2D eigenvalue weighted by Crippen LogP contribution is -2.27. The Morgan fingerprint density at radius 3 is 2.56 bits per heavy atom. The average Bonchev–Trinajstić information content (AvgIpc) is 3.12. The number of nitrogens with zero attached hydrogens (tertiary/aromatic N) is 1. The van der Waals surface area contributed by atoms with Crippen LogP contribution in [-0.4, -0.2) is 25.7 Å². The lowest BCUT2D eigenvalue weighted by Gasteiger charge is -2.29. The number of benzene rings is 1. The molecule has 2 unspecified atom stereocenters. The van der Waals surface area contributed by atoms with Crippen LogP contribution in [0.3, 0.4) is 0 Å². The number of rotatable bonds is 6. The summed E-state index contributed by atoms with van der Waals surface area (Å²) < 4.78 is 0. The fourth-order valence-corrected chi connectivity index (χ4v) is 4.52. The lowest BCUT2D eigenvalue weighted by molar-refractivity contribution is -0.125. The maximum atomic E-state index is 12.9. The van der Waals surface area contributed by atoms with E-state index in [4.69, 9.17) is 0 Å². The fourth-order valence-electron chi connectivity index (χ4n) is 3.65. The van der Waals surface area contributed by atoms with E-state index in [0.717, 1.165) is 34.7 Å². The molecule has 0 bridgehead atoms. The van der Waals surface area contributed by atoms with Crippen LogP contribution in [0.25, 0.3) is 0 Å². The zero-order valence-electron chi connectivity index (χ0n) is 14.9. The zero-order chi connectivity index (χ0) is 17.8. The molecule has 1 aromatic heterocycles. The SMILES string of the molecule is CN(C)c1ccc(C(=O)CC(c2ccccc2)C2CCCCC2=O)s1. The van der Waals surface area contributed by atoms with E-state index >= 15 is 0 Å². The van der Waals surface area contributed by atoms with Crippen molar-refractivity contribution in [3.05, 3.63) is 52.9 Å². The predicted octanol–water partition coefficient (Wildman–Crippen LogP) is 4.93. The summed E-state index contributed by atoms with van der Waals surface area (Å²) in [6.07, 6.45) is 4.04. The number of hydrogen-bond acceptors (Lipinski definition) is 4. The first-order valence-electron chi connectivity index (χ1n) is 8.94. The minimum Gasteiger partial charge on any atom is -0.370 e. The molecule has 1 aromatic carbocycles. The van der Waals surface area contributed by atoms with Crippen molar-refractivity contribution in [2.45, 2.75) is 38.0 Å². The summed E-state index contributed by atoms with van der Waals surface area (Å²) in [7, 11) is 3.96. The van der Waals surface area contributed by atoms with Crippen molar-refractivity contribution in [1.82, 2.24) is 0 Å². The molecule has 0 saturated heterocycles. The molecule has 2 aromatic rings. The summed E-state index contributed by atoms with van der Waals surface area (Å²) in [5.74, 6) is 0.443. The van der Waals surface area contributed by atoms with Gasteiger partial charge in [-0.25, -0.2) is 0 Å². The molecule has 1 aliphatic rings. The van der Waals surface area contributed by atoms with Crippen LogP contribution >= 0.6 is 11.3 Å². The van der Waals surface area contributed by atoms with Gasteiger partial charge in [0.2, 0.25) is 0 Å². The highest BCUT2D eigenvalue weighted by atomic mass is 32.1. The zero-order valence-corrected chi connectivity index (χ0v) is 15.7. The Kier molecular flexibility index (Phi) is 5.69. The molecule has 1 aliphatic carbocycles. The van der Waals surface area contributed by atoms with Gasteiger partial charge in [0.25, 0.3) is 0 Å². The maximum Gasteiger partial charge on any atom is 0.173 e. The van der Waals surface area contributed by atoms with Crippen LogP contribution in [0, 0.1) is 5.92 Å². The Hall–Kier alpha value is -1.94. The predicted molar refractivity (Wildman–Crippen MR) is 104 cm³/mol. The molecule has 1 heterocycles. The standard InChI is InChI=1S/C21H25NO2S/c1-22(2)21-13-12-20(25-21)19(24)14-17(15-8-4-3-5-9-15)16-10-6-7-11-18(16)23/h3-5,8-9,12-13,16-17H,6-7,10-11,14H2,1-2H3. The van der Waals surface area contributed by atoms with Gasteiger partial charge in [0.1, 0.15) is 5.78 Å². The van der Waals surface area contributed by atoms with Gasteiger partial charge in [0.05, 0.1) is 9.88 Å². The topological polar surface area (TPSA) is 37.4 Å². The highest BCUT2D eigenvalue weighted by Gasteiger charge is 2.33. The summed E-state index contributed by atoms with van der Waals surface area (Å²) in [4.78, 5) is 28.2. The van der Waals surface area contributed by atoms with Crippen molar-refractivity contribution in [1.29, 1.82) is 0 Å². The molecule has 0 radical (unpaired) electrons. The third kappa shape index (κ3) is 4.18. The molecule has 25 heavy (non-hydrogen) atoms. The molecular weight excluding hydrogens is 330 g/mol. The van der Waals surface area contributed by atoms with Crippen molar-refractivity contribution in [2.75, 3.05) is 19.0 Å². The second kappa shape index (κ2) is 7.96. The molecule has 2 atom stereocenters. The summed E-state index contributed by atoms with van der Waals surface area (Å²) in [6.45, 7) is 0. The van der Waals surface area contributed by atoms with Gasteiger partial charge in [0.15, 0.2) is 5.78 Å².